The lowest BCUT2D eigenvalue weighted by atomic mass is 10.1. The van der Waals surface area contributed by atoms with Crippen molar-refractivity contribution in [3.63, 3.8) is 0 Å². The van der Waals surface area contributed by atoms with Crippen molar-refractivity contribution in [2.75, 3.05) is 7.11 Å². The van der Waals surface area contributed by atoms with Gasteiger partial charge in [-0.2, -0.15) is 0 Å². The SMILES string of the molecule is COc1cc(/C=C2/SC(=Nc3ccc(C)cc3)N(Cc3ccccc3)C2=O)c(Br)cc1OCc1ccccc1. The van der Waals surface area contributed by atoms with E-state index in [4.69, 9.17) is 14.5 Å². The molecule has 1 aliphatic rings. The normalized spacial score (nSPS) is 15.3. The average molecular weight is 600 g/mol. The number of halogens is 1. The Kier molecular flexibility index (Phi) is 8.49. The number of hydrogen-bond acceptors (Lipinski definition) is 5. The number of nitrogens with zero attached hydrogens (tertiary/aromatic N) is 2. The van der Waals surface area contributed by atoms with Gasteiger partial charge in [-0.05, 0) is 65.7 Å². The molecule has 1 fully saturated rings. The summed E-state index contributed by atoms with van der Waals surface area (Å²) in [6, 6.07) is 31.6. The van der Waals surface area contributed by atoms with Gasteiger partial charge in [-0.15, -0.1) is 0 Å². The van der Waals surface area contributed by atoms with Crippen molar-refractivity contribution in [3.05, 3.63) is 129 Å². The zero-order valence-electron chi connectivity index (χ0n) is 21.6. The first-order valence-electron chi connectivity index (χ1n) is 12.4. The number of methoxy groups -OCH3 is 1. The summed E-state index contributed by atoms with van der Waals surface area (Å²) in [4.78, 5) is 20.8. The molecule has 0 atom stereocenters. The summed E-state index contributed by atoms with van der Waals surface area (Å²) in [6.45, 7) is 2.90. The fourth-order valence-electron chi connectivity index (χ4n) is 4.04. The van der Waals surface area contributed by atoms with Crippen molar-refractivity contribution in [1.29, 1.82) is 0 Å². The third kappa shape index (κ3) is 6.61. The minimum atomic E-state index is -0.0926. The van der Waals surface area contributed by atoms with E-state index in [1.54, 1.807) is 12.0 Å². The van der Waals surface area contributed by atoms with Crippen LogP contribution in [0.3, 0.4) is 0 Å². The number of aliphatic imine (C=N–C) groups is 1. The zero-order chi connectivity index (χ0) is 27.2. The van der Waals surface area contributed by atoms with E-state index in [0.717, 1.165) is 32.4 Å². The molecule has 196 valence electrons. The van der Waals surface area contributed by atoms with Gasteiger partial charge in [0.1, 0.15) is 6.61 Å². The highest BCUT2D eigenvalue weighted by atomic mass is 79.9. The van der Waals surface area contributed by atoms with Crippen molar-refractivity contribution in [2.24, 2.45) is 4.99 Å². The maximum absolute atomic E-state index is 13.6. The van der Waals surface area contributed by atoms with Crippen molar-refractivity contribution >= 4 is 50.5 Å². The lowest BCUT2D eigenvalue weighted by molar-refractivity contribution is -0.122. The molecule has 1 heterocycles. The van der Waals surface area contributed by atoms with E-state index in [1.165, 1.54) is 11.8 Å². The zero-order valence-corrected chi connectivity index (χ0v) is 24.0. The standard InChI is InChI=1S/C32H27BrN2O3S/c1-22-13-15-26(16-14-22)34-32-35(20-23-9-5-3-6-10-23)31(36)30(39-32)18-25-17-28(37-2)29(19-27(25)33)38-21-24-11-7-4-8-12-24/h3-19H,20-21H2,1-2H3/b30-18+,34-32?. The monoisotopic (exact) mass is 598 g/mol. The van der Waals surface area contributed by atoms with Gasteiger partial charge in [-0.1, -0.05) is 94.3 Å². The first-order chi connectivity index (χ1) is 19.0. The highest BCUT2D eigenvalue weighted by molar-refractivity contribution is 9.10. The Labute approximate surface area is 241 Å². The molecule has 0 aliphatic carbocycles. The summed E-state index contributed by atoms with van der Waals surface area (Å²) >= 11 is 5.03. The Morgan fingerprint density at radius 3 is 2.23 bits per heavy atom. The third-order valence-corrected chi connectivity index (χ3v) is 7.83. The number of rotatable bonds is 8. The van der Waals surface area contributed by atoms with Gasteiger partial charge in [0, 0.05) is 4.47 Å². The Bertz CT molecular complexity index is 1520. The van der Waals surface area contributed by atoms with E-state index >= 15 is 0 Å². The van der Waals surface area contributed by atoms with Crippen LogP contribution >= 0.6 is 27.7 Å². The van der Waals surface area contributed by atoms with E-state index in [-0.39, 0.29) is 5.91 Å². The maximum atomic E-state index is 13.6. The first-order valence-corrected chi connectivity index (χ1v) is 14.1. The Balaban J connectivity index is 1.45. The number of ether oxygens (including phenoxy) is 2. The second-order valence-corrected chi connectivity index (χ2v) is 10.9. The number of amidine groups is 1. The largest absolute Gasteiger partial charge is 0.493 e. The van der Waals surface area contributed by atoms with Gasteiger partial charge in [0.2, 0.25) is 0 Å². The van der Waals surface area contributed by atoms with Crippen LogP contribution < -0.4 is 9.47 Å². The molecule has 4 aromatic rings. The summed E-state index contributed by atoms with van der Waals surface area (Å²) in [6.07, 6.45) is 1.87. The van der Waals surface area contributed by atoms with Crippen LogP contribution in [0.15, 0.2) is 111 Å². The van der Waals surface area contributed by atoms with Gasteiger partial charge in [-0.3, -0.25) is 9.69 Å². The molecule has 1 saturated heterocycles. The molecule has 0 N–H and O–H groups in total. The van der Waals surface area contributed by atoms with Gasteiger partial charge in [-0.25, -0.2) is 4.99 Å². The molecule has 7 heteroatoms. The van der Waals surface area contributed by atoms with Crippen LogP contribution in [0.25, 0.3) is 6.08 Å². The molecule has 0 radical (unpaired) electrons. The van der Waals surface area contributed by atoms with Gasteiger partial charge in [0.25, 0.3) is 5.91 Å². The molecule has 0 unspecified atom stereocenters. The van der Waals surface area contributed by atoms with Gasteiger partial charge in [0.15, 0.2) is 16.7 Å². The van der Waals surface area contributed by atoms with Crippen LogP contribution in [0.4, 0.5) is 5.69 Å². The summed E-state index contributed by atoms with van der Waals surface area (Å²) in [5.41, 5.74) is 4.87. The van der Waals surface area contributed by atoms with E-state index in [0.29, 0.717) is 34.7 Å². The third-order valence-electron chi connectivity index (χ3n) is 6.14. The van der Waals surface area contributed by atoms with Gasteiger partial charge in [0.05, 0.1) is 24.2 Å². The smallest absolute Gasteiger partial charge is 0.267 e. The molecule has 0 saturated carbocycles. The topological polar surface area (TPSA) is 51.1 Å². The molecular weight excluding hydrogens is 572 g/mol. The minimum absolute atomic E-state index is 0.0926. The average Bonchev–Trinajstić information content (AvgIpc) is 3.24. The summed E-state index contributed by atoms with van der Waals surface area (Å²) < 4.78 is 12.5. The lowest BCUT2D eigenvalue weighted by Crippen LogP contribution is -2.28. The molecule has 5 rings (SSSR count). The Hall–Kier alpha value is -3.81. The fraction of sp³-hybridized carbons (Fsp3) is 0.125. The molecule has 0 aromatic heterocycles. The quantitative estimate of drug-likeness (QED) is 0.192. The van der Waals surface area contributed by atoms with Crippen LogP contribution in [0.5, 0.6) is 11.5 Å². The second kappa shape index (κ2) is 12.4. The second-order valence-electron chi connectivity index (χ2n) is 9.02. The van der Waals surface area contributed by atoms with Crippen LogP contribution in [0.2, 0.25) is 0 Å². The van der Waals surface area contributed by atoms with Crippen molar-refractivity contribution in [3.8, 4) is 11.5 Å². The molecule has 39 heavy (non-hydrogen) atoms. The molecule has 0 spiro atoms. The van der Waals surface area contributed by atoms with Crippen molar-refractivity contribution < 1.29 is 14.3 Å². The van der Waals surface area contributed by atoms with Crippen LogP contribution in [-0.4, -0.2) is 23.1 Å². The van der Waals surface area contributed by atoms with Crippen molar-refractivity contribution in [2.45, 2.75) is 20.1 Å². The highest BCUT2D eigenvalue weighted by Gasteiger charge is 2.33. The van der Waals surface area contributed by atoms with Crippen LogP contribution in [0, 0.1) is 6.92 Å². The number of benzene rings is 4. The van der Waals surface area contributed by atoms with Crippen LogP contribution in [0.1, 0.15) is 22.3 Å². The van der Waals surface area contributed by atoms with Crippen LogP contribution in [-0.2, 0) is 17.9 Å². The number of hydrogen-bond donors (Lipinski definition) is 0. The predicted octanol–water partition coefficient (Wildman–Crippen LogP) is 8.15. The minimum Gasteiger partial charge on any atom is -0.493 e. The number of carbonyl (C=O) groups is 1. The lowest BCUT2D eigenvalue weighted by Gasteiger charge is -2.15. The Morgan fingerprint density at radius 1 is 0.897 bits per heavy atom. The molecule has 1 aliphatic heterocycles. The van der Waals surface area contributed by atoms with Gasteiger partial charge >= 0.3 is 0 Å². The summed E-state index contributed by atoms with van der Waals surface area (Å²) in [5, 5.41) is 0.643. The molecule has 4 aromatic carbocycles. The van der Waals surface area contributed by atoms with E-state index in [2.05, 4.69) is 15.9 Å². The number of amides is 1. The first kappa shape index (κ1) is 26.8. The number of aryl methyl sites for hydroxylation is 1. The van der Waals surface area contributed by atoms with E-state index < -0.39 is 0 Å². The number of carbonyl (C=O) groups excluding carboxylic acids is 1. The van der Waals surface area contributed by atoms with Gasteiger partial charge < -0.3 is 9.47 Å². The summed E-state index contributed by atoms with van der Waals surface area (Å²) in [5.74, 6) is 1.12. The van der Waals surface area contributed by atoms with E-state index in [9.17, 15) is 4.79 Å². The van der Waals surface area contributed by atoms with E-state index in [1.807, 2.05) is 110 Å². The summed E-state index contributed by atoms with van der Waals surface area (Å²) in [7, 11) is 1.61. The molecular formula is C32H27BrN2O3S. The highest BCUT2D eigenvalue weighted by Crippen LogP contribution is 2.39. The molecule has 5 nitrogen and oxygen atoms in total. The number of thioether (sulfide) groups is 1. The Morgan fingerprint density at radius 2 is 1.56 bits per heavy atom. The van der Waals surface area contributed by atoms with Crippen molar-refractivity contribution in [1.82, 2.24) is 4.90 Å². The molecule has 1 amide bonds. The fourth-order valence-corrected chi connectivity index (χ4v) is 5.46. The predicted molar refractivity (Wildman–Crippen MR) is 162 cm³/mol. The molecule has 0 bridgehead atoms. The maximum Gasteiger partial charge on any atom is 0.267 e.